The predicted octanol–water partition coefficient (Wildman–Crippen LogP) is 16.6. The van der Waals surface area contributed by atoms with Gasteiger partial charge in [-0.15, -0.1) is 0 Å². The third-order valence-electron chi connectivity index (χ3n) is 12.3. The number of nitrogens with zero attached hydrogens (tertiary/aromatic N) is 5. The van der Waals surface area contributed by atoms with E-state index in [2.05, 4.69) is 268 Å². The number of hydrogen-bond acceptors (Lipinski definition) is 5. The fraction of sp³-hybridized carbons (Fsp3) is 0. The van der Waals surface area contributed by atoms with Crippen LogP contribution in [0.15, 0.2) is 249 Å². The van der Waals surface area contributed by atoms with Crippen LogP contribution >= 0.6 is 0 Å². The van der Waals surface area contributed by atoms with Gasteiger partial charge in [-0.2, -0.15) is 0 Å². The van der Waals surface area contributed by atoms with E-state index >= 15 is 0 Å². The third kappa shape index (κ3) is 6.38. The Morgan fingerprint density at radius 1 is 0.203 bits per heavy atom. The minimum absolute atomic E-state index is 0.918. The summed E-state index contributed by atoms with van der Waals surface area (Å²) in [6.07, 6.45) is 0. The van der Waals surface area contributed by atoms with E-state index in [1.807, 2.05) is 0 Å². The summed E-state index contributed by atoms with van der Waals surface area (Å²) in [6, 6.07) is 88.5. The first kappa shape index (κ1) is 37.1. The largest absolute Gasteiger partial charge is 0.306 e. The van der Waals surface area contributed by atoms with Crippen LogP contribution in [0.5, 0.6) is 0 Å². The van der Waals surface area contributed by atoms with Gasteiger partial charge in [0.05, 0.1) is 56.9 Å². The summed E-state index contributed by atoms with van der Waals surface area (Å²) < 4.78 is 0. The summed E-state index contributed by atoms with van der Waals surface area (Å²) in [4.78, 5) is 14.8. The van der Waals surface area contributed by atoms with Gasteiger partial charge in [0.15, 0.2) is 0 Å². The highest BCUT2D eigenvalue weighted by atomic mass is 15.3. The zero-order valence-electron chi connectivity index (χ0n) is 34.9. The highest BCUT2D eigenvalue weighted by Gasteiger charge is 2.31. The summed E-state index contributed by atoms with van der Waals surface area (Å²) in [5.74, 6) is 0. The first-order chi connectivity index (χ1) is 31.8. The summed E-state index contributed by atoms with van der Waals surface area (Å²) >= 11 is 0. The zero-order chi connectivity index (χ0) is 42.4. The van der Waals surface area contributed by atoms with Crippen molar-refractivity contribution < 1.29 is 0 Å². The summed E-state index contributed by atoms with van der Waals surface area (Å²) in [7, 11) is 0. The van der Waals surface area contributed by atoms with Gasteiger partial charge in [-0.25, -0.2) is 4.98 Å². The lowest BCUT2D eigenvalue weighted by Gasteiger charge is -2.40. The molecule has 9 aromatic carbocycles. The summed E-state index contributed by atoms with van der Waals surface area (Å²) in [5.41, 5.74) is 19.6. The van der Waals surface area contributed by atoms with Crippen LogP contribution in [0.25, 0.3) is 33.6 Å². The molecule has 0 atom stereocenters. The number of pyridine rings is 1. The van der Waals surface area contributed by atoms with Crippen LogP contribution in [0.3, 0.4) is 0 Å². The van der Waals surface area contributed by atoms with Crippen molar-refractivity contribution in [2.24, 2.45) is 0 Å². The minimum atomic E-state index is 0.918. The average Bonchev–Trinajstić information content (AvgIpc) is 3.38. The zero-order valence-corrected chi connectivity index (χ0v) is 34.9. The molecule has 5 nitrogen and oxygen atoms in total. The summed E-state index contributed by atoms with van der Waals surface area (Å²) in [6.45, 7) is 0. The van der Waals surface area contributed by atoms with Crippen LogP contribution in [0.1, 0.15) is 0 Å². The molecule has 0 saturated carbocycles. The van der Waals surface area contributed by atoms with E-state index in [9.17, 15) is 0 Å². The molecule has 64 heavy (non-hydrogen) atoms. The fourth-order valence-electron chi connectivity index (χ4n) is 9.34. The quantitative estimate of drug-likeness (QED) is 0.160. The maximum atomic E-state index is 5.37. The highest BCUT2D eigenvalue weighted by Crippen LogP contribution is 2.55. The van der Waals surface area contributed by atoms with Crippen molar-refractivity contribution in [1.29, 1.82) is 0 Å². The van der Waals surface area contributed by atoms with E-state index < -0.39 is 0 Å². The lowest BCUT2D eigenvalue weighted by atomic mass is 9.99. The number of anilines is 12. The van der Waals surface area contributed by atoms with Gasteiger partial charge in [-0.1, -0.05) is 140 Å². The van der Waals surface area contributed by atoms with Crippen LogP contribution in [0.2, 0.25) is 0 Å². The Morgan fingerprint density at radius 2 is 0.453 bits per heavy atom. The average molecular weight is 820 g/mol. The molecule has 10 aromatic rings. The summed E-state index contributed by atoms with van der Waals surface area (Å²) in [5, 5.41) is 0. The second kappa shape index (κ2) is 15.7. The smallest absolute Gasteiger partial charge is 0.0715 e. The normalized spacial score (nSPS) is 12.6. The van der Waals surface area contributed by atoms with E-state index in [4.69, 9.17) is 4.98 Å². The van der Waals surface area contributed by atoms with Crippen molar-refractivity contribution in [3.8, 4) is 33.6 Å². The number of aromatic nitrogens is 1. The Morgan fingerprint density at radius 3 is 0.750 bits per heavy atom. The number of para-hydroxylation sites is 10. The van der Waals surface area contributed by atoms with Gasteiger partial charge in [-0.05, 0) is 120 Å². The molecule has 0 radical (unpaired) electrons. The van der Waals surface area contributed by atoms with Crippen molar-refractivity contribution in [3.63, 3.8) is 0 Å². The van der Waals surface area contributed by atoms with E-state index in [0.717, 1.165) is 102 Å². The molecule has 0 bridgehead atoms. The van der Waals surface area contributed by atoms with Gasteiger partial charge in [0.2, 0.25) is 0 Å². The van der Waals surface area contributed by atoms with Crippen molar-refractivity contribution in [1.82, 2.24) is 4.98 Å². The van der Waals surface area contributed by atoms with Crippen molar-refractivity contribution in [3.05, 3.63) is 249 Å². The number of benzene rings is 9. The Kier molecular flexibility index (Phi) is 9.08. The molecule has 302 valence electrons. The highest BCUT2D eigenvalue weighted by molar-refractivity contribution is 6.03. The monoisotopic (exact) mass is 819 g/mol. The first-order valence-electron chi connectivity index (χ1n) is 21.7. The van der Waals surface area contributed by atoms with Gasteiger partial charge in [0, 0.05) is 33.9 Å². The van der Waals surface area contributed by atoms with Crippen molar-refractivity contribution in [2.75, 3.05) is 19.6 Å². The predicted molar refractivity (Wildman–Crippen MR) is 266 cm³/mol. The van der Waals surface area contributed by atoms with Crippen molar-refractivity contribution in [2.45, 2.75) is 0 Å². The molecule has 0 N–H and O–H groups in total. The molecule has 0 fully saturated rings. The molecular formula is C59H41N5. The second-order valence-electron chi connectivity index (χ2n) is 16.1. The molecule has 0 unspecified atom stereocenters. The third-order valence-corrected chi connectivity index (χ3v) is 12.3. The molecule has 0 saturated heterocycles. The SMILES string of the molecule is c1ccc(-c2cc(-c3ccc(N4c5ccccc5N(c5ccccc5)c5ccccc54)cc3)nc(-c3ccc(N4c5ccccc5N(c5ccccc5)c5ccccc54)cc3)c2)cc1. The van der Waals surface area contributed by atoms with Gasteiger partial charge < -0.3 is 19.6 Å². The molecular weight excluding hydrogens is 779 g/mol. The Labute approximate surface area is 373 Å². The molecule has 3 heterocycles. The van der Waals surface area contributed by atoms with Crippen LogP contribution in [0.4, 0.5) is 68.2 Å². The lowest BCUT2D eigenvalue weighted by molar-refractivity contribution is 1.17. The second-order valence-corrected chi connectivity index (χ2v) is 16.1. The van der Waals surface area contributed by atoms with E-state index in [0.29, 0.717) is 0 Å². The molecule has 2 aliphatic heterocycles. The molecule has 1 aromatic heterocycles. The Hall–Kier alpha value is -8.67. The fourth-order valence-corrected chi connectivity index (χ4v) is 9.34. The maximum absolute atomic E-state index is 5.37. The Balaban J connectivity index is 0.916. The number of hydrogen-bond donors (Lipinski definition) is 0. The van der Waals surface area contributed by atoms with Gasteiger partial charge in [-0.3, -0.25) is 0 Å². The van der Waals surface area contributed by atoms with Gasteiger partial charge in [0.1, 0.15) is 0 Å². The van der Waals surface area contributed by atoms with Crippen LogP contribution < -0.4 is 19.6 Å². The number of rotatable bonds is 7. The van der Waals surface area contributed by atoms with Gasteiger partial charge in [0.25, 0.3) is 0 Å². The van der Waals surface area contributed by atoms with Crippen molar-refractivity contribution >= 4 is 68.2 Å². The molecule has 2 aliphatic rings. The van der Waals surface area contributed by atoms with Crippen LogP contribution in [-0.4, -0.2) is 4.98 Å². The standard InChI is InChI=1S/C59H41N5/c1-4-18-42(19-5-1)45-40-50(43-32-36-48(37-33-43)63-56-28-14-10-24-52(56)61(46-20-6-2-7-21-46)53-25-11-15-29-57(53)63)60-51(41-45)44-34-38-49(39-35-44)64-58-30-16-12-26-54(58)62(47-22-8-3-9-23-47)55-27-13-17-31-59(55)64/h1-41H. The van der Waals surface area contributed by atoms with Crippen LogP contribution in [0, 0.1) is 0 Å². The topological polar surface area (TPSA) is 25.9 Å². The number of fused-ring (bicyclic) bond motifs is 4. The minimum Gasteiger partial charge on any atom is -0.306 e. The van der Waals surface area contributed by atoms with E-state index in [1.54, 1.807) is 0 Å². The molecule has 5 heteroatoms. The first-order valence-corrected chi connectivity index (χ1v) is 21.7. The van der Waals surface area contributed by atoms with Gasteiger partial charge >= 0.3 is 0 Å². The van der Waals surface area contributed by atoms with Crippen LogP contribution in [-0.2, 0) is 0 Å². The molecule has 0 spiro atoms. The maximum Gasteiger partial charge on any atom is 0.0715 e. The Bertz CT molecular complexity index is 2980. The molecule has 12 rings (SSSR count). The van der Waals surface area contributed by atoms with E-state index in [-0.39, 0.29) is 0 Å². The molecule has 0 amide bonds. The van der Waals surface area contributed by atoms with E-state index in [1.165, 1.54) is 0 Å². The lowest BCUT2D eigenvalue weighted by Crippen LogP contribution is -2.23. The molecule has 0 aliphatic carbocycles.